The van der Waals surface area contributed by atoms with E-state index in [-0.39, 0.29) is 4.90 Å². The number of nitrogens with one attached hydrogen (secondary N) is 1. The number of carbonyl (C=O) groups is 1. The van der Waals surface area contributed by atoms with E-state index in [1.165, 1.54) is 30.3 Å². The van der Waals surface area contributed by atoms with Crippen molar-refractivity contribution in [3.8, 4) is 12.3 Å². The monoisotopic (exact) mass is 307 g/mol. The molecule has 2 N–H and O–H groups in total. The highest BCUT2D eigenvalue weighted by atomic mass is 32.2. The molecule has 0 heterocycles. The molecule has 1 unspecified atom stereocenters. The number of benzene rings is 1. The summed E-state index contributed by atoms with van der Waals surface area (Å²) in [4.78, 5) is 10.5. The molecule has 112 valence electrons. The van der Waals surface area contributed by atoms with E-state index in [0.717, 1.165) is 12.5 Å². The molecule has 5 nitrogen and oxygen atoms in total. The predicted molar refractivity (Wildman–Crippen MR) is 81.0 cm³/mol. The van der Waals surface area contributed by atoms with Crippen LogP contribution in [0.2, 0.25) is 0 Å². The fourth-order valence-electron chi connectivity index (χ4n) is 1.65. The molecule has 1 aromatic carbocycles. The van der Waals surface area contributed by atoms with E-state index < -0.39 is 22.0 Å². The summed E-state index contributed by atoms with van der Waals surface area (Å²) in [6, 6.07) is 5.33. The van der Waals surface area contributed by atoms with Gasteiger partial charge in [0.15, 0.2) is 0 Å². The lowest BCUT2D eigenvalue weighted by Crippen LogP contribution is -2.33. The van der Waals surface area contributed by atoms with Crippen LogP contribution >= 0.6 is 0 Å². The molecule has 0 amide bonds. The van der Waals surface area contributed by atoms with Crippen LogP contribution in [0.25, 0.3) is 6.08 Å². The highest BCUT2D eigenvalue weighted by molar-refractivity contribution is 7.89. The number of hydrogen-bond donors (Lipinski definition) is 2. The zero-order valence-corrected chi connectivity index (χ0v) is 12.4. The second-order valence-electron chi connectivity index (χ2n) is 4.37. The normalized spacial score (nSPS) is 13.0. The Bertz CT molecular complexity index is 654. The number of sulfonamides is 1. The van der Waals surface area contributed by atoms with Crippen molar-refractivity contribution in [3.63, 3.8) is 0 Å². The molecule has 0 fully saturated rings. The number of terminal acetylenes is 1. The van der Waals surface area contributed by atoms with Crippen LogP contribution < -0.4 is 4.72 Å². The minimum absolute atomic E-state index is 0.0892. The summed E-state index contributed by atoms with van der Waals surface area (Å²) in [5.41, 5.74) is 0.596. The fourth-order valence-corrected chi connectivity index (χ4v) is 2.84. The van der Waals surface area contributed by atoms with Crippen LogP contribution in [0, 0.1) is 12.3 Å². The molecule has 21 heavy (non-hydrogen) atoms. The molecule has 0 spiro atoms. The van der Waals surface area contributed by atoms with Crippen LogP contribution in [0.5, 0.6) is 0 Å². The van der Waals surface area contributed by atoms with Gasteiger partial charge in [-0.2, -0.15) is 4.72 Å². The summed E-state index contributed by atoms with van der Waals surface area (Å²) in [7, 11) is -3.67. The van der Waals surface area contributed by atoms with Gasteiger partial charge in [-0.15, -0.1) is 6.42 Å². The maximum Gasteiger partial charge on any atom is 0.328 e. The zero-order chi connectivity index (χ0) is 15.9. The molecular weight excluding hydrogens is 290 g/mol. The second-order valence-corrected chi connectivity index (χ2v) is 6.08. The van der Waals surface area contributed by atoms with E-state index >= 15 is 0 Å². The topological polar surface area (TPSA) is 83.5 Å². The predicted octanol–water partition coefficient (Wildman–Crippen LogP) is 1.86. The third kappa shape index (κ3) is 5.42. The van der Waals surface area contributed by atoms with Crippen molar-refractivity contribution in [2.45, 2.75) is 30.7 Å². The molecule has 0 saturated carbocycles. The third-order valence-corrected chi connectivity index (χ3v) is 4.17. The van der Waals surface area contributed by atoms with E-state index in [9.17, 15) is 13.2 Å². The number of carboxylic acids is 1. The first-order valence-corrected chi connectivity index (χ1v) is 7.87. The SMILES string of the molecule is C#CC(CCC)NS(=O)(=O)c1ccc(/C=C/C(=O)O)cc1. The Morgan fingerprint density at radius 2 is 2.05 bits per heavy atom. The highest BCUT2D eigenvalue weighted by Crippen LogP contribution is 2.13. The van der Waals surface area contributed by atoms with E-state index in [2.05, 4.69) is 10.6 Å². The maximum absolute atomic E-state index is 12.1. The molecule has 1 atom stereocenters. The summed E-state index contributed by atoms with van der Waals surface area (Å²) in [6.45, 7) is 1.92. The molecule has 0 aliphatic carbocycles. The first kappa shape index (κ1) is 17.0. The molecule has 0 radical (unpaired) electrons. The van der Waals surface area contributed by atoms with Gasteiger partial charge >= 0.3 is 5.97 Å². The van der Waals surface area contributed by atoms with Gasteiger partial charge in [-0.05, 0) is 30.2 Å². The lowest BCUT2D eigenvalue weighted by atomic mass is 10.2. The van der Waals surface area contributed by atoms with Gasteiger partial charge in [0.1, 0.15) is 0 Å². The van der Waals surface area contributed by atoms with Crippen molar-refractivity contribution in [1.82, 2.24) is 4.72 Å². The van der Waals surface area contributed by atoms with Crippen LogP contribution in [0.15, 0.2) is 35.2 Å². The van der Waals surface area contributed by atoms with Crippen LogP contribution in [0.1, 0.15) is 25.3 Å². The minimum atomic E-state index is -3.67. The summed E-state index contributed by atoms with van der Waals surface area (Å²) >= 11 is 0. The summed E-state index contributed by atoms with van der Waals surface area (Å²) in [5.74, 6) is 1.34. The quantitative estimate of drug-likeness (QED) is 0.595. The smallest absolute Gasteiger partial charge is 0.328 e. The van der Waals surface area contributed by atoms with Gasteiger partial charge in [-0.3, -0.25) is 0 Å². The van der Waals surface area contributed by atoms with Crippen LogP contribution in [-0.4, -0.2) is 25.5 Å². The fraction of sp³-hybridized carbons (Fsp3) is 0.267. The summed E-state index contributed by atoms with van der Waals surface area (Å²) in [5, 5.41) is 8.52. The number of aliphatic carboxylic acids is 1. The Labute approximate surface area is 124 Å². The van der Waals surface area contributed by atoms with E-state index in [1.54, 1.807) is 0 Å². The number of hydrogen-bond acceptors (Lipinski definition) is 3. The van der Waals surface area contributed by atoms with E-state index in [1.807, 2.05) is 6.92 Å². The van der Waals surface area contributed by atoms with Gasteiger partial charge in [-0.1, -0.05) is 31.4 Å². The van der Waals surface area contributed by atoms with Crippen molar-refractivity contribution in [1.29, 1.82) is 0 Å². The first-order chi connectivity index (χ1) is 9.89. The first-order valence-electron chi connectivity index (χ1n) is 6.38. The maximum atomic E-state index is 12.1. The molecular formula is C15H17NO4S. The molecule has 6 heteroatoms. The van der Waals surface area contributed by atoms with Gasteiger partial charge < -0.3 is 5.11 Å². The van der Waals surface area contributed by atoms with Crippen molar-refractivity contribution in [3.05, 3.63) is 35.9 Å². The minimum Gasteiger partial charge on any atom is -0.478 e. The Hall–Kier alpha value is -2.10. The second kappa shape index (κ2) is 7.62. The Kier molecular flexibility index (Phi) is 6.15. The highest BCUT2D eigenvalue weighted by Gasteiger charge is 2.17. The van der Waals surface area contributed by atoms with Crippen molar-refractivity contribution >= 4 is 22.1 Å². The Morgan fingerprint density at radius 1 is 1.43 bits per heavy atom. The van der Waals surface area contributed by atoms with Gasteiger partial charge in [0.2, 0.25) is 10.0 Å². The van der Waals surface area contributed by atoms with Crippen molar-refractivity contribution < 1.29 is 18.3 Å². The van der Waals surface area contributed by atoms with Crippen LogP contribution in [0.3, 0.4) is 0 Å². The molecule has 1 aromatic rings. The molecule has 0 bridgehead atoms. The van der Waals surface area contributed by atoms with E-state index in [0.29, 0.717) is 12.0 Å². The lowest BCUT2D eigenvalue weighted by molar-refractivity contribution is -0.131. The summed E-state index contributed by atoms with van der Waals surface area (Å²) < 4.78 is 26.7. The Morgan fingerprint density at radius 3 is 2.52 bits per heavy atom. The molecule has 0 aromatic heterocycles. The van der Waals surface area contributed by atoms with Gasteiger partial charge in [-0.25, -0.2) is 13.2 Å². The van der Waals surface area contributed by atoms with Gasteiger partial charge in [0, 0.05) is 6.08 Å². The summed E-state index contributed by atoms with van der Waals surface area (Å²) in [6.07, 6.45) is 9.00. The standard InChI is InChI=1S/C15H17NO4S/c1-3-5-13(4-2)16-21(19,20)14-9-6-12(7-10-14)8-11-15(17)18/h2,6-11,13,16H,3,5H2,1H3,(H,17,18)/b11-8+. The Balaban J connectivity index is 2.90. The van der Waals surface area contributed by atoms with Crippen molar-refractivity contribution in [2.24, 2.45) is 0 Å². The molecule has 1 rings (SSSR count). The molecule has 0 saturated heterocycles. The van der Waals surface area contributed by atoms with Gasteiger partial charge in [0.05, 0.1) is 10.9 Å². The van der Waals surface area contributed by atoms with Gasteiger partial charge in [0.25, 0.3) is 0 Å². The third-order valence-electron chi connectivity index (χ3n) is 2.68. The van der Waals surface area contributed by atoms with Crippen LogP contribution in [-0.2, 0) is 14.8 Å². The zero-order valence-electron chi connectivity index (χ0n) is 11.6. The van der Waals surface area contributed by atoms with Crippen molar-refractivity contribution in [2.75, 3.05) is 0 Å². The average molecular weight is 307 g/mol. The van der Waals surface area contributed by atoms with E-state index in [4.69, 9.17) is 11.5 Å². The number of carboxylic acid groups (broad SMARTS) is 1. The lowest BCUT2D eigenvalue weighted by Gasteiger charge is -2.12. The van der Waals surface area contributed by atoms with Crippen LogP contribution in [0.4, 0.5) is 0 Å². The average Bonchev–Trinajstić information content (AvgIpc) is 2.45. The number of rotatable bonds is 7. The molecule has 0 aliphatic heterocycles. The largest absolute Gasteiger partial charge is 0.478 e. The molecule has 0 aliphatic rings.